The van der Waals surface area contributed by atoms with Crippen molar-refractivity contribution in [3.63, 3.8) is 0 Å². The quantitative estimate of drug-likeness (QED) is 0.328. The van der Waals surface area contributed by atoms with Gasteiger partial charge in [0, 0.05) is 26.7 Å². The number of guanidine groups is 1. The third kappa shape index (κ3) is 6.77. The van der Waals surface area contributed by atoms with Gasteiger partial charge in [0.1, 0.15) is 5.75 Å². The molecule has 1 fully saturated rings. The lowest BCUT2D eigenvalue weighted by atomic mass is 9.98. The summed E-state index contributed by atoms with van der Waals surface area (Å²) in [6, 6.07) is 8.25. The molecule has 0 bridgehead atoms. The molecular formula is C21H33N3O3. The largest absolute Gasteiger partial charge is 0.497 e. The van der Waals surface area contributed by atoms with Crippen LogP contribution in [0.2, 0.25) is 0 Å². The molecule has 0 aromatic heterocycles. The molecule has 1 aliphatic rings. The number of hydrogen-bond acceptors (Lipinski definition) is 4. The standard InChI is InChI=1S/C21H33N3O3/c1-4-27-20(25)18-9-7-15-24(16-18)21(22-2)23-14-6-5-8-17-10-12-19(26-3)13-11-17/h10-13,18H,4-9,14-16H2,1-3H3,(H,22,23)/t18-/m0/s1. The number of esters is 1. The van der Waals surface area contributed by atoms with Gasteiger partial charge in [0.05, 0.1) is 19.6 Å². The van der Waals surface area contributed by atoms with Gasteiger partial charge >= 0.3 is 5.97 Å². The number of carbonyl (C=O) groups excluding carboxylic acids is 1. The number of rotatable bonds is 8. The monoisotopic (exact) mass is 375 g/mol. The van der Waals surface area contributed by atoms with Crippen molar-refractivity contribution in [2.45, 2.75) is 39.0 Å². The molecule has 6 nitrogen and oxygen atoms in total. The third-order valence-electron chi connectivity index (χ3n) is 4.89. The van der Waals surface area contributed by atoms with Crippen molar-refractivity contribution in [2.75, 3.05) is 40.4 Å². The number of aryl methyl sites for hydroxylation is 1. The number of ether oxygens (including phenoxy) is 2. The molecule has 1 aliphatic heterocycles. The van der Waals surface area contributed by atoms with Gasteiger partial charge in [-0.05, 0) is 56.7 Å². The van der Waals surface area contributed by atoms with Crippen molar-refractivity contribution in [3.8, 4) is 5.75 Å². The van der Waals surface area contributed by atoms with Crippen LogP contribution in [-0.4, -0.2) is 57.2 Å². The molecule has 2 rings (SSSR count). The second-order valence-electron chi connectivity index (χ2n) is 6.82. The molecule has 0 aliphatic carbocycles. The van der Waals surface area contributed by atoms with E-state index in [1.54, 1.807) is 14.2 Å². The number of likely N-dealkylation sites (tertiary alicyclic amines) is 1. The Morgan fingerprint density at radius 2 is 2.07 bits per heavy atom. The summed E-state index contributed by atoms with van der Waals surface area (Å²) in [5, 5.41) is 3.44. The fraction of sp³-hybridized carbons (Fsp3) is 0.619. The number of nitrogens with zero attached hydrogens (tertiary/aromatic N) is 2. The molecule has 1 aromatic rings. The van der Waals surface area contributed by atoms with Crippen LogP contribution in [-0.2, 0) is 16.0 Å². The fourth-order valence-electron chi connectivity index (χ4n) is 3.40. The van der Waals surface area contributed by atoms with Crippen LogP contribution in [0.3, 0.4) is 0 Å². The van der Waals surface area contributed by atoms with E-state index in [2.05, 4.69) is 27.3 Å². The number of hydrogen-bond donors (Lipinski definition) is 1. The van der Waals surface area contributed by atoms with Gasteiger partial charge in [-0.1, -0.05) is 12.1 Å². The number of benzene rings is 1. The van der Waals surface area contributed by atoms with Crippen LogP contribution in [0.5, 0.6) is 5.75 Å². The van der Waals surface area contributed by atoms with Crippen molar-refractivity contribution in [2.24, 2.45) is 10.9 Å². The summed E-state index contributed by atoms with van der Waals surface area (Å²) in [5.74, 6) is 1.64. The molecule has 1 heterocycles. The molecule has 0 unspecified atom stereocenters. The van der Waals surface area contributed by atoms with E-state index in [1.165, 1.54) is 5.56 Å². The van der Waals surface area contributed by atoms with Crippen LogP contribution in [0.1, 0.15) is 38.2 Å². The highest BCUT2D eigenvalue weighted by molar-refractivity contribution is 5.81. The second kappa shape index (κ2) is 11.5. The minimum Gasteiger partial charge on any atom is -0.497 e. The summed E-state index contributed by atoms with van der Waals surface area (Å²) >= 11 is 0. The van der Waals surface area contributed by atoms with Crippen molar-refractivity contribution in [1.29, 1.82) is 0 Å². The van der Waals surface area contributed by atoms with Gasteiger partial charge in [-0.2, -0.15) is 0 Å². The van der Waals surface area contributed by atoms with Crippen molar-refractivity contribution < 1.29 is 14.3 Å². The summed E-state index contributed by atoms with van der Waals surface area (Å²) in [5.41, 5.74) is 1.33. The first-order valence-electron chi connectivity index (χ1n) is 9.93. The Morgan fingerprint density at radius 1 is 1.30 bits per heavy atom. The molecular weight excluding hydrogens is 342 g/mol. The molecule has 0 spiro atoms. The highest BCUT2D eigenvalue weighted by atomic mass is 16.5. The number of piperidine rings is 1. The van der Waals surface area contributed by atoms with Gasteiger partial charge in [-0.15, -0.1) is 0 Å². The van der Waals surface area contributed by atoms with E-state index in [0.29, 0.717) is 13.2 Å². The van der Waals surface area contributed by atoms with E-state index >= 15 is 0 Å². The van der Waals surface area contributed by atoms with Crippen LogP contribution < -0.4 is 10.1 Å². The molecule has 1 atom stereocenters. The Balaban J connectivity index is 1.70. The van der Waals surface area contributed by atoms with Gasteiger partial charge in [-0.25, -0.2) is 0 Å². The van der Waals surface area contributed by atoms with Gasteiger partial charge in [0.15, 0.2) is 5.96 Å². The molecule has 1 aromatic carbocycles. The maximum atomic E-state index is 12.0. The SMILES string of the molecule is CCOC(=O)[C@H]1CCCN(C(=NC)NCCCCc2ccc(OC)cc2)C1. The Labute approximate surface area is 162 Å². The molecule has 1 N–H and O–H groups in total. The zero-order valence-corrected chi connectivity index (χ0v) is 16.9. The second-order valence-corrected chi connectivity index (χ2v) is 6.82. The Kier molecular flexibility index (Phi) is 8.95. The lowest BCUT2D eigenvalue weighted by Crippen LogP contribution is -2.48. The Hall–Kier alpha value is -2.24. The van der Waals surface area contributed by atoms with Crippen LogP contribution in [0.25, 0.3) is 0 Å². The fourth-order valence-corrected chi connectivity index (χ4v) is 3.40. The summed E-state index contributed by atoms with van der Waals surface area (Å²) in [7, 11) is 3.48. The molecule has 0 radical (unpaired) electrons. The molecule has 27 heavy (non-hydrogen) atoms. The zero-order chi connectivity index (χ0) is 19.5. The lowest BCUT2D eigenvalue weighted by Gasteiger charge is -2.34. The molecule has 150 valence electrons. The summed E-state index contributed by atoms with van der Waals surface area (Å²) in [4.78, 5) is 18.6. The van der Waals surface area contributed by atoms with E-state index in [-0.39, 0.29) is 11.9 Å². The first-order chi connectivity index (χ1) is 13.2. The van der Waals surface area contributed by atoms with Gasteiger partial charge in [-0.3, -0.25) is 9.79 Å². The zero-order valence-electron chi connectivity index (χ0n) is 16.9. The van der Waals surface area contributed by atoms with E-state index in [9.17, 15) is 4.79 Å². The van der Waals surface area contributed by atoms with Gasteiger partial charge in [0.2, 0.25) is 0 Å². The lowest BCUT2D eigenvalue weighted by molar-refractivity contribution is -0.149. The molecule has 6 heteroatoms. The van der Waals surface area contributed by atoms with Gasteiger partial charge in [0.25, 0.3) is 0 Å². The normalized spacial score (nSPS) is 17.5. The Bertz CT molecular complexity index is 601. The van der Waals surface area contributed by atoms with Crippen molar-refractivity contribution in [3.05, 3.63) is 29.8 Å². The molecule has 0 amide bonds. The van der Waals surface area contributed by atoms with Crippen LogP contribution in [0, 0.1) is 5.92 Å². The van der Waals surface area contributed by atoms with E-state index < -0.39 is 0 Å². The maximum absolute atomic E-state index is 12.0. The number of nitrogens with one attached hydrogen (secondary N) is 1. The Morgan fingerprint density at radius 3 is 2.74 bits per heavy atom. The average molecular weight is 376 g/mol. The number of methoxy groups -OCH3 is 1. The first-order valence-corrected chi connectivity index (χ1v) is 9.93. The average Bonchev–Trinajstić information content (AvgIpc) is 2.71. The van der Waals surface area contributed by atoms with Crippen LogP contribution >= 0.6 is 0 Å². The van der Waals surface area contributed by atoms with E-state index in [4.69, 9.17) is 9.47 Å². The minimum atomic E-state index is -0.0860. The summed E-state index contributed by atoms with van der Waals surface area (Å²) in [6.45, 7) is 4.79. The third-order valence-corrected chi connectivity index (χ3v) is 4.89. The predicted octanol–water partition coefficient (Wildman–Crippen LogP) is 2.87. The number of aliphatic imine (C=N–C) groups is 1. The van der Waals surface area contributed by atoms with Crippen molar-refractivity contribution >= 4 is 11.9 Å². The van der Waals surface area contributed by atoms with E-state index in [1.807, 2.05) is 19.1 Å². The smallest absolute Gasteiger partial charge is 0.310 e. The van der Waals surface area contributed by atoms with Crippen LogP contribution in [0.4, 0.5) is 0 Å². The summed E-state index contributed by atoms with van der Waals surface area (Å²) in [6.07, 6.45) is 5.12. The van der Waals surface area contributed by atoms with E-state index in [0.717, 1.165) is 56.9 Å². The molecule has 0 saturated carbocycles. The maximum Gasteiger partial charge on any atom is 0.310 e. The van der Waals surface area contributed by atoms with Crippen LogP contribution in [0.15, 0.2) is 29.3 Å². The number of unbranched alkanes of at least 4 members (excludes halogenated alkanes) is 1. The van der Waals surface area contributed by atoms with Crippen molar-refractivity contribution in [1.82, 2.24) is 10.2 Å². The van der Waals surface area contributed by atoms with Gasteiger partial charge < -0.3 is 19.7 Å². The highest BCUT2D eigenvalue weighted by Gasteiger charge is 2.28. The highest BCUT2D eigenvalue weighted by Crippen LogP contribution is 2.18. The number of carbonyl (C=O) groups is 1. The molecule has 1 saturated heterocycles. The topological polar surface area (TPSA) is 63.2 Å². The first kappa shape index (κ1) is 21.1. The minimum absolute atomic E-state index is 0.0488. The summed E-state index contributed by atoms with van der Waals surface area (Å²) < 4.78 is 10.4. The predicted molar refractivity (Wildman–Crippen MR) is 108 cm³/mol.